The summed E-state index contributed by atoms with van der Waals surface area (Å²) in [5.74, 6) is -0.999. The number of pyridine rings is 2. The van der Waals surface area contributed by atoms with Crippen LogP contribution >= 0.6 is 0 Å². The summed E-state index contributed by atoms with van der Waals surface area (Å²) in [6.45, 7) is 13.2. The van der Waals surface area contributed by atoms with Gasteiger partial charge in [0.1, 0.15) is 11.6 Å². The van der Waals surface area contributed by atoms with E-state index in [0.717, 1.165) is 49.0 Å². The summed E-state index contributed by atoms with van der Waals surface area (Å²) >= 11 is 0. The van der Waals surface area contributed by atoms with Gasteiger partial charge >= 0.3 is 0 Å². The highest BCUT2D eigenvalue weighted by molar-refractivity contribution is 7.86. The van der Waals surface area contributed by atoms with Crippen LogP contribution in [0.4, 0.5) is 8.78 Å². The Morgan fingerprint density at radius 2 is 1.11 bits per heavy atom. The van der Waals surface area contributed by atoms with Gasteiger partial charge < -0.3 is 15.7 Å². The summed E-state index contributed by atoms with van der Waals surface area (Å²) < 4.78 is 60.6. The van der Waals surface area contributed by atoms with Gasteiger partial charge in [-0.05, 0) is 139 Å². The normalized spacial score (nSPS) is 16.7. The van der Waals surface area contributed by atoms with E-state index < -0.39 is 27.7 Å². The van der Waals surface area contributed by atoms with Gasteiger partial charge in [0.2, 0.25) is 11.8 Å². The Labute approximate surface area is 375 Å². The number of hydrogen-bond acceptors (Lipinski definition) is 10. The molecule has 3 N–H and O–H groups in total. The lowest BCUT2D eigenvalue weighted by Gasteiger charge is -2.42. The van der Waals surface area contributed by atoms with Gasteiger partial charge in [0.05, 0.1) is 42.9 Å². The van der Waals surface area contributed by atoms with Crippen LogP contribution in [-0.2, 0) is 23.9 Å². The van der Waals surface area contributed by atoms with Crippen molar-refractivity contribution in [2.24, 2.45) is 11.8 Å². The third kappa shape index (κ3) is 15.8. The van der Waals surface area contributed by atoms with Crippen molar-refractivity contribution in [1.29, 1.82) is 0 Å². The molecule has 63 heavy (non-hydrogen) atoms. The second kappa shape index (κ2) is 24.4. The number of halogens is 2. The molecule has 0 aliphatic carbocycles. The number of benzene rings is 2. The molecule has 2 fully saturated rings. The van der Waals surface area contributed by atoms with Crippen molar-refractivity contribution in [3.63, 3.8) is 0 Å². The lowest BCUT2D eigenvalue weighted by atomic mass is 9.91. The molecule has 0 spiro atoms. The highest BCUT2D eigenvalue weighted by atomic mass is 32.2. The molecule has 2 aromatic carbocycles. The van der Waals surface area contributed by atoms with Crippen molar-refractivity contribution in [3.05, 3.63) is 131 Å². The minimum atomic E-state index is -3.51. The third-order valence-electron chi connectivity index (χ3n) is 11.4. The number of nitrogens with zero attached hydrogens (tertiary/aromatic N) is 4. The Balaban J connectivity index is 0.000000318. The Hall–Kier alpha value is -4.67. The standard InChI is InChI=1S/C23H30FN3O4S.C22H28FN3O2.C2H6.CH4/c1-23(2,16-31-32(3,29)30)27-14-11-18(12-15-27)22(28)26-21(20-6-4-5-13-25-20)17-7-9-19(24)10-8-17;1-22(2,15-27)26-13-10-17(11-14-26)21(28)25-20(19-5-3-4-12-24-19)16-6-8-18(23)9-7-16;1-2;/h4-10,13,18,21H,11-12,14-16H2,1-3H3,(H,26,28);3-9,12,17,20,27H,10-11,13-15H2,1-2H3,(H,25,28);1-2H3;1H4/i;;1D;. The van der Waals surface area contributed by atoms with E-state index in [1.165, 1.54) is 24.3 Å². The second-order valence-electron chi connectivity index (χ2n) is 16.8. The number of hydrogen-bond donors (Lipinski definition) is 3. The van der Waals surface area contributed by atoms with Crippen molar-refractivity contribution in [1.82, 2.24) is 30.4 Å². The molecule has 2 unspecified atom stereocenters. The van der Waals surface area contributed by atoms with E-state index in [0.29, 0.717) is 38.5 Å². The number of amides is 2. The maximum atomic E-state index is 13.4. The van der Waals surface area contributed by atoms with E-state index >= 15 is 0 Å². The first-order valence-electron chi connectivity index (χ1n) is 21.8. The predicted molar refractivity (Wildman–Crippen MR) is 244 cm³/mol. The molecule has 2 amide bonds. The average Bonchev–Trinajstić information content (AvgIpc) is 3.28. The van der Waals surface area contributed by atoms with Gasteiger partial charge in [-0.1, -0.05) is 57.6 Å². The van der Waals surface area contributed by atoms with E-state index in [4.69, 9.17) is 5.55 Å². The van der Waals surface area contributed by atoms with Crippen LogP contribution in [0.25, 0.3) is 0 Å². The molecule has 2 atom stereocenters. The monoisotopic (exact) mass is 895 g/mol. The summed E-state index contributed by atoms with van der Waals surface area (Å²) in [7, 11) is -3.51. The summed E-state index contributed by atoms with van der Waals surface area (Å²) in [5.41, 5.74) is 2.23. The van der Waals surface area contributed by atoms with E-state index in [9.17, 15) is 31.9 Å². The molecule has 6 rings (SSSR count). The largest absolute Gasteiger partial charge is 0.394 e. The number of aliphatic hydroxyl groups is 1. The van der Waals surface area contributed by atoms with E-state index in [1.54, 1.807) is 49.6 Å². The van der Waals surface area contributed by atoms with E-state index in [2.05, 4.69) is 30.4 Å². The summed E-state index contributed by atoms with van der Waals surface area (Å²) in [4.78, 5) is 39.2. The summed E-state index contributed by atoms with van der Waals surface area (Å²) in [6.07, 6.45) is 7.17. The molecule has 0 bridgehead atoms. The molecule has 2 aliphatic rings. The zero-order valence-corrected chi connectivity index (χ0v) is 37.6. The van der Waals surface area contributed by atoms with Crippen LogP contribution < -0.4 is 10.6 Å². The Morgan fingerprint density at radius 1 is 0.746 bits per heavy atom. The number of piperidine rings is 2. The van der Waals surface area contributed by atoms with Crippen LogP contribution in [-0.4, -0.2) is 102 Å². The second-order valence-corrected chi connectivity index (χ2v) is 18.4. The number of carbonyl (C=O) groups is 2. The molecular weight excluding hydrogens is 827 g/mol. The number of nitrogens with one attached hydrogen (secondary N) is 2. The predicted octanol–water partition coefficient (Wildman–Crippen LogP) is 7.46. The molecule has 2 saturated heterocycles. The number of aromatic nitrogens is 2. The lowest BCUT2D eigenvalue weighted by molar-refractivity contribution is -0.128. The number of rotatable bonds is 14. The SMILES string of the molecule is C.CC(C)(CO)N1CCC(C(=O)NC(c2ccc(F)cc2)c2ccccn2)CC1.CC(C)(COS(C)(=O)=O)N1CCC(C(=O)NC(c2ccc(F)cc2)c2ccccn2)CC1.[2H]CC. The first-order valence-corrected chi connectivity index (χ1v) is 22.9. The molecule has 346 valence electrons. The maximum absolute atomic E-state index is 13.4. The van der Waals surface area contributed by atoms with Crippen LogP contribution in [0.5, 0.6) is 0 Å². The van der Waals surface area contributed by atoms with Gasteiger partial charge in [0, 0.05) is 36.7 Å². The number of carbonyl (C=O) groups excluding carboxylic acids is 2. The molecule has 4 heterocycles. The lowest BCUT2D eigenvalue weighted by Crippen LogP contribution is -2.52. The van der Waals surface area contributed by atoms with Crippen molar-refractivity contribution < 1.29 is 37.4 Å². The van der Waals surface area contributed by atoms with Gasteiger partial charge in [-0.2, -0.15) is 8.42 Å². The first kappa shape index (κ1) is 51.0. The van der Waals surface area contributed by atoms with Crippen LogP contribution in [0.1, 0.15) is 111 Å². The fraction of sp³-hybridized carbons (Fsp3) is 0.500. The highest BCUT2D eigenvalue weighted by Gasteiger charge is 2.36. The van der Waals surface area contributed by atoms with Gasteiger partial charge in [-0.25, -0.2) is 8.78 Å². The van der Waals surface area contributed by atoms with Gasteiger partial charge in [-0.15, -0.1) is 0 Å². The summed E-state index contributed by atoms with van der Waals surface area (Å²) in [6, 6.07) is 22.4. The minimum Gasteiger partial charge on any atom is -0.394 e. The fourth-order valence-corrected chi connectivity index (χ4v) is 8.02. The summed E-state index contributed by atoms with van der Waals surface area (Å²) in [5, 5.41) is 15.8. The number of aliphatic hydroxyl groups excluding tert-OH is 1. The Morgan fingerprint density at radius 3 is 1.43 bits per heavy atom. The van der Waals surface area contributed by atoms with Crippen LogP contribution in [0.3, 0.4) is 0 Å². The fourth-order valence-electron chi connectivity index (χ4n) is 7.52. The first-order chi connectivity index (χ1) is 29.9. The van der Waals surface area contributed by atoms with Crippen LogP contribution in [0.15, 0.2) is 97.3 Å². The number of likely N-dealkylation sites (tertiary alicyclic amines) is 2. The topological polar surface area (TPSA) is 154 Å². The van der Waals surface area contributed by atoms with Crippen molar-refractivity contribution in [3.8, 4) is 0 Å². The molecule has 0 radical (unpaired) electrons. The highest BCUT2D eigenvalue weighted by Crippen LogP contribution is 2.29. The molecule has 12 nitrogen and oxygen atoms in total. The van der Waals surface area contributed by atoms with E-state index in [1.807, 2.05) is 58.0 Å². The van der Waals surface area contributed by atoms with Crippen LogP contribution in [0, 0.1) is 23.5 Å². The van der Waals surface area contributed by atoms with Gasteiger partial charge in [-0.3, -0.25) is 33.5 Å². The third-order valence-corrected chi connectivity index (χ3v) is 11.9. The molecular formula is C48H68F2N6O6S. The van der Waals surface area contributed by atoms with Gasteiger partial charge in [0.25, 0.3) is 10.1 Å². The molecule has 4 aromatic rings. The van der Waals surface area contributed by atoms with Crippen LogP contribution in [0.2, 0.25) is 0 Å². The zero-order chi connectivity index (χ0) is 46.2. The quantitative estimate of drug-likeness (QED) is 0.109. The Bertz CT molecular complexity index is 2100. The maximum Gasteiger partial charge on any atom is 0.264 e. The van der Waals surface area contributed by atoms with Crippen molar-refractivity contribution >= 4 is 21.9 Å². The Kier molecular flexibility index (Phi) is 19.7. The minimum absolute atomic E-state index is 0. The molecule has 2 aliphatic heterocycles. The average molecular weight is 896 g/mol. The van der Waals surface area contributed by atoms with E-state index in [-0.39, 0.29) is 61.5 Å². The molecule has 15 heteroatoms. The smallest absolute Gasteiger partial charge is 0.264 e. The van der Waals surface area contributed by atoms with Crippen molar-refractivity contribution in [2.75, 3.05) is 45.6 Å². The van der Waals surface area contributed by atoms with Gasteiger partial charge in [0.15, 0.2) is 0 Å². The van der Waals surface area contributed by atoms with Crippen molar-refractivity contribution in [2.45, 2.75) is 97.8 Å². The zero-order valence-electron chi connectivity index (χ0n) is 37.8. The molecule has 2 aromatic heterocycles. The molecule has 0 saturated carbocycles.